The van der Waals surface area contributed by atoms with Crippen LogP contribution in [0.25, 0.3) is 0 Å². The maximum atomic E-state index is 5.52. The van der Waals surface area contributed by atoms with Gasteiger partial charge in [-0.1, -0.05) is 12.1 Å². The summed E-state index contributed by atoms with van der Waals surface area (Å²) in [7, 11) is 5.13. The summed E-state index contributed by atoms with van der Waals surface area (Å²) in [5.74, 6) is 1.63. The van der Waals surface area contributed by atoms with Crippen LogP contribution in [0.5, 0.6) is 5.75 Å². The summed E-state index contributed by atoms with van der Waals surface area (Å²) in [6, 6.07) is 8.49. The lowest BCUT2D eigenvalue weighted by Crippen LogP contribution is -2.46. The molecule has 158 valence electrons. The van der Waals surface area contributed by atoms with Crippen molar-refractivity contribution in [3.05, 3.63) is 29.8 Å². The zero-order valence-electron chi connectivity index (χ0n) is 17.3. The first-order valence-electron chi connectivity index (χ1n) is 9.75. The standard InChI is InChI=1S/C20H34N4O4/c1-21-20(22-8-11-27-15-14-25-2)23-16-19(24-9-12-28-13-10-24)17-4-6-18(26-3)7-5-17/h4-7,19H,8-16H2,1-3H3,(H2,21,22,23). The molecule has 1 heterocycles. The minimum absolute atomic E-state index is 0.228. The van der Waals surface area contributed by atoms with Crippen molar-refractivity contribution < 1.29 is 18.9 Å². The van der Waals surface area contributed by atoms with Crippen molar-refractivity contribution in [2.24, 2.45) is 4.99 Å². The number of benzene rings is 1. The minimum Gasteiger partial charge on any atom is -0.497 e. The topological polar surface area (TPSA) is 76.6 Å². The number of nitrogens with zero attached hydrogens (tertiary/aromatic N) is 2. The van der Waals surface area contributed by atoms with E-state index in [0.29, 0.717) is 26.4 Å². The lowest BCUT2D eigenvalue weighted by molar-refractivity contribution is 0.0170. The van der Waals surface area contributed by atoms with E-state index in [2.05, 4.69) is 32.7 Å². The average molecular weight is 395 g/mol. The molecule has 0 aromatic heterocycles. The summed E-state index contributed by atoms with van der Waals surface area (Å²) < 4.78 is 21.3. The number of methoxy groups -OCH3 is 2. The molecule has 1 aliphatic rings. The van der Waals surface area contributed by atoms with Crippen LogP contribution in [-0.2, 0) is 14.2 Å². The second kappa shape index (κ2) is 13.3. The van der Waals surface area contributed by atoms with Crippen LogP contribution in [0.1, 0.15) is 11.6 Å². The molecule has 1 atom stereocenters. The maximum absolute atomic E-state index is 5.52. The fourth-order valence-corrected chi connectivity index (χ4v) is 3.07. The number of hydrogen-bond acceptors (Lipinski definition) is 6. The van der Waals surface area contributed by atoms with E-state index in [4.69, 9.17) is 18.9 Å². The third kappa shape index (κ3) is 7.63. The van der Waals surface area contributed by atoms with E-state index >= 15 is 0 Å². The Balaban J connectivity index is 1.89. The molecule has 0 bridgehead atoms. The maximum Gasteiger partial charge on any atom is 0.191 e. The highest BCUT2D eigenvalue weighted by atomic mass is 16.5. The highest BCUT2D eigenvalue weighted by Crippen LogP contribution is 2.23. The number of ether oxygens (including phenoxy) is 4. The molecule has 1 fully saturated rings. The van der Waals surface area contributed by atoms with Crippen molar-refractivity contribution in [3.63, 3.8) is 0 Å². The number of hydrogen-bond donors (Lipinski definition) is 2. The first-order valence-corrected chi connectivity index (χ1v) is 9.75. The lowest BCUT2D eigenvalue weighted by atomic mass is 10.0. The number of nitrogens with one attached hydrogen (secondary N) is 2. The predicted octanol–water partition coefficient (Wildman–Crippen LogP) is 0.897. The third-order valence-electron chi connectivity index (χ3n) is 4.64. The number of rotatable bonds is 11. The van der Waals surface area contributed by atoms with Crippen LogP contribution in [0.15, 0.2) is 29.3 Å². The van der Waals surface area contributed by atoms with E-state index in [9.17, 15) is 0 Å². The highest BCUT2D eigenvalue weighted by Gasteiger charge is 2.23. The van der Waals surface area contributed by atoms with Gasteiger partial charge in [0.15, 0.2) is 5.96 Å². The zero-order chi connectivity index (χ0) is 20.0. The van der Waals surface area contributed by atoms with Crippen LogP contribution >= 0.6 is 0 Å². The van der Waals surface area contributed by atoms with Gasteiger partial charge >= 0.3 is 0 Å². The second-order valence-corrected chi connectivity index (χ2v) is 6.42. The molecular formula is C20H34N4O4. The molecule has 0 radical (unpaired) electrons. The van der Waals surface area contributed by atoms with Crippen molar-refractivity contribution in [2.45, 2.75) is 6.04 Å². The van der Waals surface area contributed by atoms with Gasteiger partial charge in [-0.2, -0.15) is 0 Å². The molecule has 2 rings (SSSR count). The lowest BCUT2D eigenvalue weighted by Gasteiger charge is -2.35. The summed E-state index contributed by atoms with van der Waals surface area (Å²) >= 11 is 0. The van der Waals surface area contributed by atoms with Gasteiger partial charge in [0.05, 0.1) is 46.2 Å². The van der Waals surface area contributed by atoms with E-state index in [-0.39, 0.29) is 6.04 Å². The van der Waals surface area contributed by atoms with Crippen LogP contribution < -0.4 is 15.4 Å². The fraction of sp³-hybridized carbons (Fsp3) is 0.650. The normalized spacial score (nSPS) is 16.6. The fourth-order valence-electron chi connectivity index (χ4n) is 3.07. The van der Waals surface area contributed by atoms with E-state index in [1.54, 1.807) is 21.3 Å². The summed E-state index contributed by atoms with van der Waals surface area (Å²) in [6.45, 7) is 6.60. The molecule has 1 aromatic rings. The van der Waals surface area contributed by atoms with Crippen molar-refractivity contribution in [1.82, 2.24) is 15.5 Å². The van der Waals surface area contributed by atoms with Crippen LogP contribution in [0.3, 0.4) is 0 Å². The molecule has 0 amide bonds. The Morgan fingerprint density at radius 3 is 2.50 bits per heavy atom. The Bertz CT molecular complexity index is 562. The third-order valence-corrected chi connectivity index (χ3v) is 4.64. The van der Waals surface area contributed by atoms with Crippen molar-refractivity contribution in [2.75, 3.05) is 80.5 Å². The Kier molecular flexibility index (Phi) is 10.7. The van der Waals surface area contributed by atoms with E-state index in [0.717, 1.165) is 44.6 Å². The van der Waals surface area contributed by atoms with Gasteiger partial charge in [-0.3, -0.25) is 9.89 Å². The number of aliphatic imine (C=N–C) groups is 1. The van der Waals surface area contributed by atoms with Gasteiger partial charge in [-0.15, -0.1) is 0 Å². The van der Waals surface area contributed by atoms with Crippen molar-refractivity contribution in [3.8, 4) is 5.75 Å². The Morgan fingerprint density at radius 2 is 1.86 bits per heavy atom. The Morgan fingerprint density at radius 1 is 1.11 bits per heavy atom. The number of morpholine rings is 1. The molecule has 1 aliphatic heterocycles. The molecule has 2 N–H and O–H groups in total. The van der Waals surface area contributed by atoms with Crippen LogP contribution in [0, 0.1) is 0 Å². The van der Waals surface area contributed by atoms with Gasteiger partial charge < -0.3 is 29.6 Å². The zero-order valence-corrected chi connectivity index (χ0v) is 17.3. The largest absolute Gasteiger partial charge is 0.497 e. The Hall–Kier alpha value is -1.87. The first kappa shape index (κ1) is 22.4. The van der Waals surface area contributed by atoms with E-state index in [1.165, 1.54) is 5.56 Å². The second-order valence-electron chi connectivity index (χ2n) is 6.42. The van der Waals surface area contributed by atoms with Crippen LogP contribution in [0.4, 0.5) is 0 Å². The van der Waals surface area contributed by atoms with Gasteiger partial charge in [-0.25, -0.2) is 0 Å². The molecule has 1 unspecified atom stereocenters. The minimum atomic E-state index is 0.228. The van der Waals surface area contributed by atoms with Crippen molar-refractivity contribution >= 4 is 5.96 Å². The predicted molar refractivity (Wildman–Crippen MR) is 110 cm³/mol. The van der Waals surface area contributed by atoms with Gasteiger partial charge in [0, 0.05) is 40.3 Å². The smallest absolute Gasteiger partial charge is 0.191 e. The van der Waals surface area contributed by atoms with Crippen LogP contribution in [-0.4, -0.2) is 91.3 Å². The SMILES string of the molecule is CN=C(NCCOCCOC)NCC(c1ccc(OC)cc1)N1CCOCC1. The molecule has 0 aliphatic carbocycles. The monoisotopic (exact) mass is 394 g/mol. The van der Waals surface area contributed by atoms with Gasteiger partial charge in [0.1, 0.15) is 5.75 Å². The molecule has 1 saturated heterocycles. The van der Waals surface area contributed by atoms with E-state index < -0.39 is 0 Å². The number of guanidine groups is 1. The highest BCUT2D eigenvalue weighted by molar-refractivity contribution is 5.79. The summed E-state index contributed by atoms with van der Waals surface area (Å²) in [5.41, 5.74) is 1.24. The molecule has 28 heavy (non-hydrogen) atoms. The van der Waals surface area contributed by atoms with Gasteiger partial charge in [-0.05, 0) is 17.7 Å². The van der Waals surface area contributed by atoms with Gasteiger partial charge in [0.2, 0.25) is 0 Å². The Labute approximate surface area is 168 Å². The van der Waals surface area contributed by atoms with Crippen LogP contribution in [0.2, 0.25) is 0 Å². The summed E-state index contributed by atoms with van der Waals surface area (Å²) in [4.78, 5) is 6.76. The molecule has 0 saturated carbocycles. The molecule has 8 heteroatoms. The van der Waals surface area contributed by atoms with Gasteiger partial charge in [0.25, 0.3) is 0 Å². The van der Waals surface area contributed by atoms with Crippen molar-refractivity contribution in [1.29, 1.82) is 0 Å². The first-order chi connectivity index (χ1) is 13.8. The molecule has 8 nitrogen and oxygen atoms in total. The quantitative estimate of drug-likeness (QED) is 0.328. The molecular weight excluding hydrogens is 360 g/mol. The molecule has 0 spiro atoms. The summed E-state index contributed by atoms with van der Waals surface area (Å²) in [6.07, 6.45) is 0. The molecule has 1 aromatic carbocycles. The summed E-state index contributed by atoms with van der Waals surface area (Å²) in [5, 5.41) is 6.73. The average Bonchev–Trinajstić information content (AvgIpc) is 2.76. The van der Waals surface area contributed by atoms with E-state index in [1.807, 2.05) is 12.1 Å².